The number of nitrogens with zero attached hydrogens (tertiary/aromatic N) is 8. The third-order valence-corrected chi connectivity index (χ3v) is 5.58. The lowest BCUT2D eigenvalue weighted by atomic mass is 10.1. The van der Waals surface area contributed by atoms with Crippen molar-refractivity contribution in [1.82, 2.24) is 34.6 Å². The Balaban J connectivity index is 1.42. The summed E-state index contributed by atoms with van der Waals surface area (Å²) in [4.78, 5) is 2.32. The number of anilines is 1. The lowest BCUT2D eigenvalue weighted by molar-refractivity contribution is 0.449. The Hall–Kier alpha value is -3.29. The van der Waals surface area contributed by atoms with Crippen molar-refractivity contribution in [3.05, 3.63) is 65.6 Å². The average Bonchev–Trinajstić information content (AvgIpc) is 3.39. The molecule has 1 aromatic carbocycles. The van der Waals surface area contributed by atoms with Gasteiger partial charge in [-0.25, -0.2) is 0 Å². The molecule has 8 heteroatoms. The van der Waals surface area contributed by atoms with Crippen molar-refractivity contribution in [3.63, 3.8) is 0 Å². The van der Waals surface area contributed by atoms with Crippen LogP contribution in [0, 0.1) is 0 Å². The lowest BCUT2D eigenvalue weighted by Crippen LogP contribution is -2.37. The van der Waals surface area contributed by atoms with Crippen LogP contribution in [-0.4, -0.2) is 41.1 Å². The SMILES string of the molecule is CCc1cc(N2Cc3nnc(CCc4ccccc4)n3[C@@H](C)C2)c2nncn2n1. The standard InChI is InChI=1S/C21H24N8/c1-3-17-11-18(21-25-22-14-28(21)26-17)27-12-15(2)29-19(23-24-20(29)13-27)10-9-16-7-5-4-6-8-16/h4-8,11,14-15H,3,9-10,12-13H2,1-2H3/t15-/m0/s1. The van der Waals surface area contributed by atoms with Crippen LogP contribution in [-0.2, 0) is 25.8 Å². The summed E-state index contributed by atoms with van der Waals surface area (Å²) in [6, 6.07) is 12.9. The Morgan fingerprint density at radius 3 is 2.76 bits per heavy atom. The highest BCUT2D eigenvalue weighted by Crippen LogP contribution is 2.29. The van der Waals surface area contributed by atoms with Gasteiger partial charge in [0.1, 0.15) is 12.2 Å². The first kappa shape index (κ1) is 17.8. The van der Waals surface area contributed by atoms with Crippen LogP contribution < -0.4 is 4.90 Å². The van der Waals surface area contributed by atoms with Crippen molar-refractivity contribution in [2.75, 3.05) is 11.4 Å². The molecule has 8 nitrogen and oxygen atoms in total. The molecule has 1 aliphatic rings. The van der Waals surface area contributed by atoms with Crippen LogP contribution in [0.2, 0.25) is 0 Å². The van der Waals surface area contributed by atoms with Crippen molar-refractivity contribution in [2.24, 2.45) is 0 Å². The average molecular weight is 388 g/mol. The second kappa shape index (κ2) is 7.27. The van der Waals surface area contributed by atoms with Crippen LogP contribution in [0.15, 0.2) is 42.7 Å². The minimum Gasteiger partial charge on any atom is -0.359 e. The lowest BCUT2D eigenvalue weighted by Gasteiger charge is -2.34. The maximum atomic E-state index is 4.56. The van der Waals surface area contributed by atoms with Gasteiger partial charge in [0.25, 0.3) is 0 Å². The highest BCUT2D eigenvalue weighted by Gasteiger charge is 2.28. The molecule has 4 heterocycles. The van der Waals surface area contributed by atoms with Crippen LogP contribution in [0.3, 0.4) is 0 Å². The first-order chi connectivity index (χ1) is 14.2. The van der Waals surface area contributed by atoms with Gasteiger partial charge in [-0.15, -0.1) is 20.4 Å². The number of benzene rings is 1. The van der Waals surface area contributed by atoms with Gasteiger partial charge >= 0.3 is 0 Å². The topological polar surface area (TPSA) is 77.0 Å². The van der Waals surface area contributed by atoms with Crippen molar-refractivity contribution < 1.29 is 0 Å². The normalized spacial score (nSPS) is 16.3. The zero-order chi connectivity index (χ0) is 19.8. The Kier molecular flexibility index (Phi) is 4.46. The van der Waals surface area contributed by atoms with E-state index in [9.17, 15) is 0 Å². The number of rotatable bonds is 5. The van der Waals surface area contributed by atoms with Crippen LogP contribution >= 0.6 is 0 Å². The highest BCUT2D eigenvalue weighted by molar-refractivity contribution is 5.68. The fourth-order valence-corrected chi connectivity index (χ4v) is 4.13. The summed E-state index contributed by atoms with van der Waals surface area (Å²) >= 11 is 0. The van der Waals surface area contributed by atoms with Gasteiger partial charge in [-0.2, -0.15) is 9.61 Å². The minimum atomic E-state index is 0.278. The van der Waals surface area contributed by atoms with Crippen LogP contribution in [0.4, 0.5) is 5.69 Å². The van der Waals surface area contributed by atoms with Gasteiger partial charge in [0.15, 0.2) is 5.82 Å². The number of hydrogen-bond donors (Lipinski definition) is 0. The molecule has 3 aromatic heterocycles. The predicted molar refractivity (Wildman–Crippen MR) is 110 cm³/mol. The van der Waals surface area contributed by atoms with Gasteiger partial charge in [-0.3, -0.25) is 0 Å². The molecule has 1 atom stereocenters. The van der Waals surface area contributed by atoms with E-state index in [0.717, 1.165) is 54.5 Å². The van der Waals surface area contributed by atoms with E-state index >= 15 is 0 Å². The summed E-state index contributed by atoms with van der Waals surface area (Å²) in [7, 11) is 0. The minimum absolute atomic E-state index is 0.278. The summed E-state index contributed by atoms with van der Waals surface area (Å²) < 4.78 is 4.08. The number of aromatic nitrogens is 7. The molecule has 0 saturated carbocycles. The van der Waals surface area contributed by atoms with Crippen LogP contribution in [0.1, 0.15) is 42.8 Å². The fourth-order valence-electron chi connectivity index (χ4n) is 4.13. The van der Waals surface area contributed by atoms with Crippen molar-refractivity contribution in [3.8, 4) is 0 Å². The van der Waals surface area contributed by atoms with E-state index < -0.39 is 0 Å². The van der Waals surface area contributed by atoms with Crippen molar-refractivity contribution >= 4 is 11.3 Å². The van der Waals surface area contributed by atoms with Gasteiger partial charge in [-0.1, -0.05) is 37.3 Å². The summed E-state index contributed by atoms with van der Waals surface area (Å²) in [5, 5.41) is 21.9. The Morgan fingerprint density at radius 2 is 1.93 bits per heavy atom. The number of hydrogen-bond acceptors (Lipinski definition) is 6. The summed E-state index contributed by atoms with van der Waals surface area (Å²) in [5.74, 6) is 2.06. The Bertz CT molecular complexity index is 1130. The molecule has 0 amide bonds. The molecule has 0 aliphatic carbocycles. The largest absolute Gasteiger partial charge is 0.359 e. The molecule has 29 heavy (non-hydrogen) atoms. The third kappa shape index (κ3) is 3.24. The van der Waals surface area contributed by atoms with E-state index in [1.54, 1.807) is 10.8 Å². The smallest absolute Gasteiger partial charge is 0.200 e. The van der Waals surface area contributed by atoms with Gasteiger partial charge in [0.2, 0.25) is 5.65 Å². The first-order valence-electron chi connectivity index (χ1n) is 10.1. The second-order valence-electron chi connectivity index (χ2n) is 7.59. The van der Waals surface area contributed by atoms with Crippen LogP contribution in [0.25, 0.3) is 5.65 Å². The zero-order valence-corrected chi connectivity index (χ0v) is 16.7. The molecule has 0 saturated heterocycles. The molecule has 0 spiro atoms. The Morgan fingerprint density at radius 1 is 1.07 bits per heavy atom. The molecule has 4 aromatic rings. The van der Waals surface area contributed by atoms with E-state index in [2.05, 4.69) is 85.2 Å². The van der Waals surface area contributed by atoms with Gasteiger partial charge in [-0.05, 0) is 31.4 Å². The molecule has 0 N–H and O–H groups in total. The number of aryl methyl sites for hydroxylation is 3. The fraction of sp³-hybridized carbons (Fsp3) is 0.381. The molecule has 0 bridgehead atoms. The monoisotopic (exact) mass is 388 g/mol. The molecule has 148 valence electrons. The highest BCUT2D eigenvalue weighted by atomic mass is 15.4. The molecule has 1 aliphatic heterocycles. The zero-order valence-electron chi connectivity index (χ0n) is 16.7. The Labute approximate surface area is 169 Å². The van der Waals surface area contributed by atoms with E-state index in [1.807, 2.05) is 0 Å². The molecular weight excluding hydrogens is 364 g/mol. The van der Waals surface area contributed by atoms with Gasteiger partial charge in [0, 0.05) is 13.0 Å². The molecule has 0 fully saturated rings. The summed E-state index contributed by atoms with van der Waals surface area (Å²) in [5.41, 5.74) is 4.19. The quantitative estimate of drug-likeness (QED) is 0.523. The molecule has 0 unspecified atom stereocenters. The maximum Gasteiger partial charge on any atom is 0.200 e. The summed E-state index contributed by atoms with van der Waals surface area (Å²) in [6.45, 7) is 5.92. The third-order valence-electron chi connectivity index (χ3n) is 5.58. The predicted octanol–water partition coefficient (Wildman–Crippen LogP) is 2.64. The summed E-state index contributed by atoms with van der Waals surface area (Å²) in [6.07, 6.45) is 4.39. The van der Waals surface area contributed by atoms with E-state index in [4.69, 9.17) is 0 Å². The van der Waals surface area contributed by atoms with Crippen molar-refractivity contribution in [2.45, 2.75) is 45.7 Å². The maximum absolute atomic E-state index is 4.56. The van der Waals surface area contributed by atoms with E-state index in [0.29, 0.717) is 6.54 Å². The van der Waals surface area contributed by atoms with E-state index in [1.165, 1.54) is 5.56 Å². The van der Waals surface area contributed by atoms with Gasteiger partial charge in [0.05, 0.1) is 24.0 Å². The second-order valence-corrected chi connectivity index (χ2v) is 7.59. The molecule has 5 rings (SSSR count). The first-order valence-corrected chi connectivity index (χ1v) is 10.1. The van der Waals surface area contributed by atoms with Crippen molar-refractivity contribution in [1.29, 1.82) is 0 Å². The van der Waals surface area contributed by atoms with Crippen LogP contribution in [0.5, 0.6) is 0 Å². The van der Waals surface area contributed by atoms with Gasteiger partial charge < -0.3 is 9.47 Å². The number of fused-ring (bicyclic) bond motifs is 2. The molecule has 0 radical (unpaired) electrons. The van der Waals surface area contributed by atoms with E-state index in [-0.39, 0.29) is 6.04 Å². The molecular formula is C21H24N8.